The number of hydrogen-bond donors (Lipinski definition) is 1. The van der Waals surface area contributed by atoms with Gasteiger partial charge in [0.1, 0.15) is 11.6 Å². The lowest BCUT2D eigenvalue weighted by molar-refractivity contribution is -0.112. The van der Waals surface area contributed by atoms with Crippen molar-refractivity contribution >= 4 is 29.3 Å². The molecular weight excluding hydrogens is 284 g/mol. The molecule has 21 heavy (non-hydrogen) atoms. The van der Waals surface area contributed by atoms with Crippen molar-refractivity contribution < 1.29 is 4.79 Å². The second kappa shape index (κ2) is 6.74. The van der Waals surface area contributed by atoms with Crippen LogP contribution in [0.4, 0.5) is 5.69 Å². The summed E-state index contributed by atoms with van der Waals surface area (Å²) in [7, 11) is 0. The topological polar surface area (TPSA) is 52.9 Å². The largest absolute Gasteiger partial charge is 0.321 e. The van der Waals surface area contributed by atoms with Crippen molar-refractivity contribution in [2.75, 3.05) is 5.32 Å². The highest BCUT2D eigenvalue weighted by atomic mass is 35.5. The van der Waals surface area contributed by atoms with Crippen molar-refractivity contribution in [1.82, 2.24) is 0 Å². The number of nitriles is 1. The molecule has 0 fully saturated rings. The van der Waals surface area contributed by atoms with Crippen LogP contribution < -0.4 is 5.32 Å². The van der Waals surface area contributed by atoms with E-state index in [0.29, 0.717) is 16.3 Å². The van der Waals surface area contributed by atoms with E-state index in [1.54, 1.807) is 30.3 Å². The van der Waals surface area contributed by atoms with Crippen LogP contribution in [0, 0.1) is 18.3 Å². The van der Waals surface area contributed by atoms with Crippen LogP contribution in [-0.2, 0) is 4.79 Å². The van der Waals surface area contributed by atoms with Crippen LogP contribution in [0.1, 0.15) is 11.1 Å². The fourth-order valence-corrected chi connectivity index (χ4v) is 1.99. The summed E-state index contributed by atoms with van der Waals surface area (Å²) in [5.41, 5.74) is 2.26. The molecule has 0 aliphatic carbocycles. The summed E-state index contributed by atoms with van der Waals surface area (Å²) < 4.78 is 0. The molecule has 3 nitrogen and oxygen atoms in total. The Kier molecular flexibility index (Phi) is 4.76. The summed E-state index contributed by atoms with van der Waals surface area (Å²) in [4.78, 5) is 12.2. The summed E-state index contributed by atoms with van der Waals surface area (Å²) in [5, 5.41) is 12.4. The standard InChI is InChI=1S/C17H13ClN2O/c1-12-6-2-5-9-16(12)20-17(21)14(11-19)10-13-7-3-4-8-15(13)18/h2-10H,1H3,(H,20,21)/b14-10+. The first kappa shape index (κ1) is 14.8. The molecule has 2 aromatic carbocycles. The fraction of sp³-hybridized carbons (Fsp3) is 0.0588. The number of hydrogen-bond acceptors (Lipinski definition) is 2. The quantitative estimate of drug-likeness (QED) is 0.682. The predicted molar refractivity (Wildman–Crippen MR) is 84.9 cm³/mol. The predicted octanol–water partition coefficient (Wildman–Crippen LogP) is 4.19. The molecular formula is C17H13ClN2O. The second-order valence-electron chi connectivity index (χ2n) is 4.46. The second-order valence-corrected chi connectivity index (χ2v) is 4.87. The molecule has 4 heteroatoms. The average Bonchev–Trinajstić information content (AvgIpc) is 2.48. The van der Waals surface area contributed by atoms with Gasteiger partial charge in [0, 0.05) is 10.7 Å². The van der Waals surface area contributed by atoms with Crippen molar-refractivity contribution in [1.29, 1.82) is 5.26 Å². The third-order valence-corrected chi connectivity index (χ3v) is 3.31. The zero-order valence-electron chi connectivity index (χ0n) is 11.4. The van der Waals surface area contributed by atoms with E-state index in [0.717, 1.165) is 5.56 Å². The number of amides is 1. The number of nitrogens with zero attached hydrogens (tertiary/aromatic N) is 1. The molecule has 0 saturated heterocycles. The Morgan fingerprint density at radius 1 is 1.19 bits per heavy atom. The number of anilines is 1. The van der Waals surface area contributed by atoms with Gasteiger partial charge in [-0.3, -0.25) is 4.79 Å². The molecule has 2 aromatic rings. The van der Waals surface area contributed by atoms with E-state index < -0.39 is 5.91 Å². The van der Waals surface area contributed by atoms with Gasteiger partial charge in [-0.05, 0) is 36.3 Å². The highest BCUT2D eigenvalue weighted by molar-refractivity contribution is 6.32. The van der Waals surface area contributed by atoms with Crippen molar-refractivity contribution in [2.24, 2.45) is 0 Å². The lowest BCUT2D eigenvalue weighted by atomic mass is 10.1. The molecule has 2 rings (SSSR count). The number of carbonyl (C=O) groups excluding carboxylic acids is 1. The zero-order valence-corrected chi connectivity index (χ0v) is 12.2. The summed E-state index contributed by atoms with van der Waals surface area (Å²) in [5.74, 6) is -0.452. The lowest BCUT2D eigenvalue weighted by Crippen LogP contribution is -2.14. The van der Waals surface area contributed by atoms with E-state index in [-0.39, 0.29) is 5.57 Å². The van der Waals surface area contributed by atoms with Crippen LogP contribution >= 0.6 is 11.6 Å². The zero-order chi connectivity index (χ0) is 15.2. The minimum absolute atomic E-state index is 0.00588. The Bertz CT molecular complexity index is 744. The summed E-state index contributed by atoms with van der Waals surface area (Å²) in [6.45, 7) is 1.89. The van der Waals surface area contributed by atoms with Crippen LogP contribution in [0.15, 0.2) is 54.1 Å². The number of nitrogens with one attached hydrogen (secondary N) is 1. The summed E-state index contributed by atoms with van der Waals surface area (Å²) in [6, 6.07) is 16.3. The molecule has 0 atom stereocenters. The first-order valence-electron chi connectivity index (χ1n) is 6.35. The van der Waals surface area contributed by atoms with Crippen LogP contribution in [0.5, 0.6) is 0 Å². The Hall–Kier alpha value is -2.57. The van der Waals surface area contributed by atoms with Gasteiger partial charge in [0.15, 0.2) is 0 Å². The SMILES string of the molecule is Cc1ccccc1NC(=O)/C(C#N)=C/c1ccccc1Cl. The molecule has 1 N–H and O–H groups in total. The third-order valence-electron chi connectivity index (χ3n) is 2.96. The van der Waals surface area contributed by atoms with Gasteiger partial charge in [-0.25, -0.2) is 0 Å². The van der Waals surface area contributed by atoms with E-state index in [1.165, 1.54) is 6.08 Å². The lowest BCUT2D eigenvalue weighted by Gasteiger charge is -2.07. The van der Waals surface area contributed by atoms with E-state index in [1.807, 2.05) is 31.2 Å². The van der Waals surface area contributed by atoms with Crippen molar-refractivity contribution in [3.63, 3.8) is 0 Å². The van der Waals surface area contributed by atoms with E-state index in [9.17, 15) is 10.1 Å². The van der Waals surface area contributed by atoms with Gasteiger partial charge >= 0.3 is 0 Å². The molecule has 0 aliphatic heterocycles. The monoisotopic (exact) mass is 296 g/mol. The highest BCUT2D eigenvalue weighted by Crippen LogP contribution is 2.19. The molecule has 104 valence electrons. The number of rotatable bonds is 3. The fourth-order valence-electron chi connectivity index (χ4n) is 1.80. The maximum Gasteiger partial charge on any atom is 0.266 e. The summed E-state index contributed by atoms with van der Waals surface area (Å²) >= 11 is 6.03. The van der Waals surface area contributed by atoms with Gasteiger partial charge in [-0.15, -0.1) is 0 Å². The van der Waals surface area contributed by atoms with Gasteiger partial charge in [-0.2, -0.15) is 5.26 Å². The number of carbonyl (C=O) groups is 1. The Balaban J connectivity index is 2.26. The maximum atomic E-state index is 12.2. The van der Waals surface area contributed by atoms with Crippen LogP contribution in [0.3, 0.4) is 0 Å². The summed E-state index contributed by atoms with van der Waals surface area (Å²) in [6.07, 6.45) is 1.48. The minimum Gasteiger partial charge on any atom is -0.321 e. The first-order valence-corrected chi connectivity index (χ1v) is 6.73. The smallest absolute Gasteiger partial charge is 0.266 e. The van der Waals surface area contributed by atoms with Gasteiger partial charge in [0.25, 0.3) is 5.91 Å². The molecule has 0 spiro atoms. The van der Waals surface area contributed by atoms with Gasteiger partial charge in [-0.1, -0.05) is 48.0 Å². The van der Waals surface area contributed by atoms with E-state index in [2.05, 4.69) is 5.32 Å². The van der Waals surface area contributed by atoms with Gasteiger partial charge in [0.05, 0.1) is 0 Å². The molecule has 1 amide bonds. The molecule has 0 saturated carbocycles. The molecule has 0 bridgehead atoms. The highest BCUT2D eigenvalue weighted by Gasteiger charge is 2.11. The first-order chi connectivity index (χ1) is 10.1. The van der Waals surface area contributed by atoms with Crippen LogP contribution in [-0.4, -0.2) is 5.91 Å². The minimum atomic E-state index is -0.452. The van der Waals surface area contributed by atoms with Gasteiger partial charge < -0.3 is 5.32 Å². The maximum absolute atomic E-state index is 12.2. The molecule has 0 radical (unpaired) electrons. The van der Waals surface area contributed by atoms with E-state index >= 15 is 0 Å². The van der Waals surface area contributed by atoms with Crippen molar-refractivity contribution in [3.8, 4) is 6.07 Å². The van der Waals surface area contributed by atoms with Crippen molar-refractivity contribution in [2.45, 2.75) is 6.92 Å². The number of aryl methyl sites for hydroxylation is 1. The molecule has 0 aromatic heterocycles. The number of halogens is 1. The number of para-hydroxylation sites is 1. The Morgan fingerprint density at radius 3 is 2.52 bits per heavy atom. The third kappa shape index (κ3) is 3.71. The molecule has 0 heterocycles. The van der Waals surface area contributed by atoms with Gasteiger partial charge in [0.2, 0.25) is 0 Å². The molecule has 0 unspecified atom stereocenters. The van der Waals surface area contributed by atoms with E-state index in [4.69, 9.17) is 11.6 Å². The number of benzene rings is 2. The Labute approximate surface area is 128 Å². The van der Waals surface area contributed by atoms with Crippen LogP contribution in [0.2, 0.25) is 5.02 Å². The average molecular weight is 297 g/mol. The van der Waals surface area contributed by atoms with Crippen molar-refractivity contribution in [3.05, 3.63) is 70.3 Å². The Morgan fingerprint density at radius 2 is 1.86 bits per heavy atom. The normalized spacial score (nSPS) is 10.8. The van der Waals surface area contributed by atoms with Crippen LogP contribution in [0.25, 0.3) is 6.08 Å². The molecule has 0 aliphatic rings.